The molecular formula is C16H17N3O. The third-order valence-electron chi connectivity index (χ3n) is 3.39. The van der Waals surface area contributed by atoms with Gasteiger partial charge in [-0.25, -0.2) is 4.79 Å². The van der Waals surface area contributed by atoms with E-state index in [0.717, 1.165) is 24.0 Å². The number of aromatic amines is 2. The Labute approximate surface area is 116 Å². The van der Waals surface area contributed by atoms with E-state index in [4.69, 9.17) is 0 Å². The first-order valence-corrected chi connectivity index (χ1v) is 6.68. The molecule has 0 saturated carbocycles. The molecule has 3 aromatic rings. The van der Waals surface area contributed by atoms with Gasteiger partial charge in [-0.1, -0.05) is 30.3 Å². The van der Waals surface area contributed by atoms with Crippen molar-refractivity contribution in [1.82, 2.24) is 15.3 Å². The van der Waals surface area contributed by atoms with Gasteiger partial charge < -0.3 is 15.3 Å². The van der Waals surface area contributed by atoms with Crippen LogP contribution in [-0.2, 0) is 13.0 Å². The highest BCUT2D eigenvalue weighted by Crippen LogP contribution is 2.15. The average molecular weight is 267 g/mol. The fourth-order valence-corrected chi connectivity index (χ4v) is 2.40. The van der Waals surface area contributed by atoms with Crippen molar-refractivity contribution in [3.63, 3.8) is 0 Å². The highest BCUT2D eigenvalue weighted by atomic mass is 16.1. The van der Waals surface area contributed by atoms with E-state index in [1.807, 2.05) is 25.2 Å². The van der Waals surface area contributed by atoms with Crippen molar-refractivity contribution in [3.05, 3.63) is 69.6 Å². The van der Waals surface area contributed by atoms with Crippen LogP contribution in [0.2, 0.25) is 0 Å². The van der Waals surface area contributed by atoms with Crippen molar-refractivity contribution in [1.29, 1.82) is 0 Å². The number of nitrogens with one attached hydrogen (secondary N) is 3. The van der Waals surface area contributed by atoms with Crippen LogP contribution in [0.1, 0.15) is 16.7 Å². The third-order valence-corrected chi connectivity index (χ3v) is 3.39. The number of rotatable bonds is 4. The molecule has 4 heteroatoms. The topological polar surface area (TPSA) is 60.7 Å². The molecule has 0 radical (unpaired) electrons. The molecule has 20 heavy (non-hydrogen) atoms. The van der Waals surface area contributed by atoms with E-state index in [2.05, 4.69) is 39.6 Å². The molecule has 0 fully saturated rings. The lowest BCUT2D eigenvalue weighted by Gasteiger charge is -2.04. The van der Waals surface area contributed by atoms with Crippen LogP contribution in [0, 0.1) is 0 Å². The highest BCUT2D eigenvalue weighted by Gasteiger charge is 2.01. The lowest BCUT2D eigenvalue weighted by molar-refractivity contribution is 0.817. The van der Waals surface area contributed by atoms with Gasteiger partial charge in [-0.3, -0.25) is 0 Å². The summed E-state index contributed by atoms with van der Waals surface area (Å²) in [7, 11) is 1.95. The number of aromatic nitrogens is 2. The summed E-state index contributed by atoms with van der Waals surface area (Å²) in [6.45, 7) is 0.886. The van der Waals surface area contributed by atoms with Crippen LogP contribution in [-0.4, -0.2) is 17.0 Å². The summed E-state index contributed by atoms with van der Waals surface area (Å²) >= 11 is 0. The number of imidazole rings is 1. The molecule has 0 aliphatic heterocycles. The molecule has 3 N–H and O–H groups in total. The average Bonchev–Trinajstić information content (AvgIpc) is 2.81. The predicted octanol–water partition coefficient (Wildman–Crippen LogP) is 2.17. The molecule has 0 bridgehead atoms. The Bertz CT molecular complexity index is 768. The van der Waals surface area contributed by atoms with E-state index in [9.17, 15) is 4.79 Å². The van der Waals surface area contributed by atoms with E-state index in [1.165, 1.54) is 16.7 Å². The van der Waals surface area contributed by atoms with E-state index < -0.39 is 0 Å². The predicted molar refractivity (Wildman–Crippen MR) is 80.9 cm³/mol. The van der Waals surface area contributed by atoms with Crippen molar-refractivity contribution in [2.24, 2.45) is 0 Å². The standard InChI is InChI=1S/C16H17N3O/c1-17-10-12-4-2-11(3-5-12)8-13-6-7-14-15(9-13)19-16(20)18-14/h2-7,9,17H,8,10H2,1H3,(H2,18,19,20). The maximum atomic E-state index is 11.2. The van der Waals surface area contributed by atoms with Crippen LogP contribution in [0.15, 0.2) is 47.3 Å². The highest BCUT2D eigenvalue weighted by molar-refractivity contribution is 5.75. The van der Waals surface area contributed by atoms with Gasteiger partial charge in [0.2, 0.25) is 0 Å². The van der Waals surface area contributed by atoms with Crippen LogP contribution in [0.4, 0.5) is 0 Å². The fraction of sp³-hybridized carbons (Fsp3) is 0.188. The van der Waals surface area contributed by atoms with Gasteiger partial charge in [-0.15, -0.1) is 0 Å². The summed E-state index contributed by atoms with van der Waals surface area (Å²) in [5.74, 6) is 0. The third kappa shape index (κ3) is 2.65. The van der Waals surface area contributed by atoms with Crippen LogP contribution >= 0.6 is 0 Å². The number of H-pyrrole nitrogens is 2. The summed E-state index contributed by atoms with van der Waals surface area (Å²) in [5.41, 5.74) is 5.29. The summed E-state index contributed by atoms with van der Waals surface area (Å²) in [6, 6.07) is 14.6. The van der Waals surface area contributed by atoms with Gasteiger partial charge >= 0.3 is 5.69 Å². The minimum absolute atomic E-state index is 0.159. The molecule has 3 rings (SSSR count). The second kappa shape index (κ2) is 5.35. The second-order valence-corrected chi connectivity index (χ2v) is 4.98. The molecule has 0 atom stereocenters. The summed E-state index contributed by atoms with van der Waals surface area (Å²) in [6.07, 6.45) is 0.864. The Morgan fingerprint density at radius 3 is 2.30 bits per heavy atom. The van der Waals surface area contributed by atoms with Crippen LogP contribution < -0.4 is 11.0 Å². The molecule has 1 heterocycles. The van der Waals surface area contributed by atoms with Gasteiger partial charge in [0.1, 0.15) is 0 Å². The van der Waals surface area contributed by atoms with Crippen LogP contribution in [0.5, 0.6) is 0 Å². The van der Waals surface area contributed by atoms with Gasteiger partial charge in [0, 0.05) is 6.54 Å². The molecule has 0 aliphatic rings. The minimum Gasteiger partial charge on any atom is -0.316 e. The maximum absolute atomic E-state index is 11.2. The molecule has 102 valence electrons. The molecule has 4 nitrogen and oxygen atoms in total. The molecule has 0 aliphatic carbocycles. The number of hydrogen-bond acceptors (Lipinski definition) is 2. The van der Waals surface area contributed by atoms with Crippen molar-refractivity contribution in [2.75, 3.05) is 7.05 Å². The SMILES string of the molecule is CNCc1ccc(Cc2ccc3[nH]c(=O)[nH]c3c2)cc1. The Morgan fingerprint density at radius 1 is 0.900 bits per heavy atom. The zero-order chi connectivity index (χ0) is 13.9. The second-order valence-electron chi connectivity index (χ2n) is 4.98. The van der Waals surface area contributed by atoms with Gasteiger partial charge in [0.05, 0.1) is 11.0 Å². The summed E-state index contributed by atoms with van der Waals surface area (Å²) < 4.78 is 0. The molecule has 1 aromatic heterocycles. The molecule has 0 spiro atoms. The van der Waals surface area contributed by atoms with E-state index in [0.29, 0.717) is 0 Å². The first-order chi connectivity index (χ1) is 9.74. The van der Waals surface area contributed by atoms with E-state index in [-0.39, 0.29) is 5.69 Å². The van der Waals surface area contributed by atoms with Crippen molar-refractivity contribution in [3.8, 4) is 0 Å². The molecule has 0 saturated heterocycles. The van der Waals surface area contributed by atoms with Gasteiger partial charge in [-0.05, 0) is 42.3 Å². The molecular weight excluding hydrogens is 250 g/mol. The molecule has 0 unspecified atom stereocenters. The van der Waals surface area contributed by atoms with Crippen molar-refractivity contribution in [2.45, 2.75) is 13.0 Å². The lowest BCUT2D eigenvalue weighted by Crippen LogP contribution is -2.04. The molecule has 0 amide bonds. The summed E-state index contributed by atoms with van der Waals surface area (Å²) in [5, 5.41) is 3.14. The van der Waals surface area contributed by atoms with Gasteiger partial charge in [-0.2, -0.15) is 0 Å². The lowest BCUT2D eigenvalue weighted by atomic mass is 10.0. The van der Waals surface area contributed by atoms with Crippen LogP contribution in [0.25, 0.3) is 11.0 Å². The Hall–Kier alpha value is -2.33. The van der Waals surface area contributed by atoms with Crippen molar-refractivity contribution >= 4 is 11.0 Å². The van der Waals surface area contributed by atoms with Gasteiger partial charge in [0.15, 0.2) is 0 Å². The zero-order valence-electron chi connectivity index (χ0n) is 11.4. The first kappa shape index (κ1) is 12.7. The monoisotopic (exact) mass is 267 g/mol. The Kier molecular flexibility index (Phi) is 3.39. The quantitative estimate of drug-likeness (QED) is 0.678. The Balaban J connectivity index is 1.82. The largest absolute Gasteiger partial charge is 0.323 e. The van der Waals surface area contributed by atoms with Gasteiger partial charge in [0.25, 0.3) is 0 Å². The van der Waals surface area contributed by atoms with E-state index in [1.54, 1.807) is 0 Å². The van der Waals surface area contributed by atoms with E-state index >= 15 is 0 Å². The number of fused-ring (bicyclic) bond motifs is 1. The normalized spacial score (nSPS) is 11.1. The van der Waals surface area contributed by atoms with Crippen LogP contribution in [0.3, 0.4) is 0 Å². The smallest absolute Gasteiger partial charge is 0.316 e. The number of hydrogen-bond donors (Lipinski definition) is 3. The van der Waals surface area contributed by atoms with Crippen molar-refractivity contribution < 1.29 is 0 Å². The first-order valence-electron chi connectivity index (χ1n) is 6.68. The summed E-state index contributed by atoms with van der Waals surface area (Å²) in [4.78, 5) is 16.8. The zero-order valence-corrected chi connectivity index (χ0v) is 11.4. The minimum atomic E-state index is -0.159. The maximum Gasteiger partial charge on any atom is 0.323 e. The Morgan fingerprint density at radius 2 is 1.55 bits per heavy atom. The number of benzene rings is 2. The molecule has 2 aromatic carbocycles. The fourth-order valence-electron chi connectivity index (χ4n) is 2.40.